The van der Waals surface area contributed by atoms with Crippen LogP contribution in [-0.2, 0) is 9.53 Å². The molecule has 0 saturated carbocycles. The Bertz CT molecular complexity index is 645. The van der Waals surface area contributed by atoms with Crippen LogP contribution in [0.25, 0.3) is 0 Å². The number of nitrogens with zero attached hydrogens (tertiary/aromatic N) is 1. The molecule has 0 fully saturated rings. The molecule has 0 aliphatic rings. The molecule has 0 aliphatic heterocycles. The minimum Gasteiger partial charge on any atom is -0.495 e. The number of benzene rings is 1. The second-order valence-electron chi connectivity index (χ2n) is 5.16. The average molecular weight is 360 g/mol. The van der Waals surface area contributed by atoms with Gasteiger partial charge in [-0.2, -0.15) is 13.2 Å². The number of hydrogen-bond acceptors (Lipinski definition) is 5. The van der Waals surface area contributed by atoms with Crippen LogP contribution in [0.5, 0.6) is 5.75 Å². The van der Waals surface area contributed by atoms with Crippen molar-refractivity contribution in [1.29, 1.82) is 0 Å². The van der Waals surface area contributed by atoms with Crippen LogP contribution >= 0.6 is 0 Å². The number of anilines is 1. The molecule has 6 nitrogen and oxygen atoms in total. The molecule has 1 N–H and O–H groups in total. The summed E-state index contributed by atoms with van der Waals surface area (Å²) in [6.45, 7) is 0.715. The lowest BCUT2D eigenvalue weighted by Crippen LogP contribution is -2.20. The Morgan fingerprint density at radius 2 is 2.00 bits per heavy atom. The maximum atomic E-state index is 12.3. The van der Waals surface area contributed by atoms with Gasteiger partial charge in [-0.1, -0.05) is 6.92 Å². The van der Waals surface area contributed by atoms with Gasteiger partial charge in [0.05, 0.1) is 31.4 Å². The summed E-state index contributed by atoms with van der Waals surface area (Å²) in [6, 6.07) is 4.30. The van der Waals surface area contributed by atoms with Gasteiger partial charge in [0.2, 0.25) is 5.91 Å². The first-order valence-electron chi connectivity index (χ1n) is 7.30. The molecule has 0 aromatic heterocycles. The molecule has 138 valence electrons. The molecule has 9 heteroatoms. The predicted octanol–water partition coefficient (Wildman–Crippen LogP) is 3.08. The van der Waals surface area contributed by atoms with Crippen LogP contribution in [0.3, 0.4) is 0 Å². The number of amides is 1. The Labute approximate surface area is 143 Å². The van der Waals surface area contributed by atoms with Crippen molar-refractivity contribution in [1.82, 2.24) is 0 Å². The van der Waals surface area contributed by atoms with E-state index < -0.39 is 24.0 Å². The number of nitrogens with one attached hydrogen (secondary N) is 1. The quantitative estimate of drug-likeness (QED) is 0.599. The molecule has 0 radical (unpaired) electrons. The maximum Gasteiger partial charge on any atom is 0.391 e. The molecule has 0 spiro atoms. The number of esters is 1. The first kappa shape index (κ1) is 20.5. The number of ether oxygens (including phenoxy) is 2. The summed E-state index contributed by atoms with van der Waals surface area (Å²) in [5.74, 6) is -2.37. The van der Waals surface area contributed by atoms with Crippen molar-refractivity contribution in [3.05, 3.63) is 23.8 Å². The van der Waals surface area contributed by atoms with Crippen molar-refractivity contribution in [2.24, 2.45) is 10.9 Å². The first-order valence-corrected chi connectivity index (χ1v) is 7.30. The highest BCUT2D eigenvalue weighted by Gasteiger charge is 2.34. The lowest BCUT2D eigenvalue weighted by Gasteiger charge is -2.12. The monoisotopic (exact) mass is 360 g/mol. The number of aliphatic imine (C=N–C) groups is 1. The zero-order chi connectivity index (χ0) is 19.0. The number of rotatable bonds is 7. The summed E-state index contributed by atoms with van der Waals surface area (Å²) in [5, 5.41) is 2.51. The highest BCUT2D eigenvalue weighted by Crippen LogP contribution is 2.27. The molecule has 1 aromatic rings. The van der Waals surface area contributed by atoms with Crippen LogP contribution in [-0.4, -0.2) is 45.0 Å². The Hall–Kier alpha value is -2.58. The Morgan fingerprint density at radius 1 is 1.32 bits per heavy atom. The summed E-state index contributed by atoms with van der Waals surface area (Å²) in [4.78, 5) is 26.9. The smallest absolute Gasteiger partial charge is 0.391 e. The molecule has 1 atom stereocenters. The van der Waals surface area contributed by atoms with Gasteiger partial charge in [-0.15, -0.1) is 0 Å². The van der Waals surface area contributed by atoms with E-state index in [-0.39, 0.29) is 24.3 Å². The summed E-state index contributed by atoms with van der Waals surface area (Å²) in [5.41, 5.74) is 0.551. The molecule has 0 aliphatic carbocycles. The van der Waals surface area contributed by atoms with E-state index in [1.165, 1.54) is 32.4 Å². The van der Waals surface area contributed by atoms with E-state index in [1.807, 2.05) is 0 Å². The highest BCUT2D eigenvalue weighted by atomic mass is 19.4. The Morgan fingerprint density at radius 3 is 2.56 bits per heavy atom. The van der Waals surface area contributed by atoms with Crippen LogP contribution in [0.2, 0.25) is 0 Å². The van der Waals surface area contributed by atoms with Gasteiger partial charge in [0.1, 0.15) is 12.3 Å². The molecular weight excluding hydrogens is 341 g/mol. The van der Waals surface area contributed by atoms with E-state index in [1.54, 1.807) is 0 Å². The number of alkyl halides is 3. The van der Waals surface area contributed by atoms with Gasteiger partial charge in [-0.25, -0.2) is 4.79 Å². The highest BCUT2D eigenvalue weighted by molar-refractivity contribution is 5.96. The third-order valence-corrected chi connectivity index (χ3v) is 3.28. The predicted molar refractivity (Wildman–Crippen MR) is 86.2 cm³/mol. The average Bonchev–Trinajstić information content (AvgIpc) is 2.57. The van der Waals surface area contributed by atoms with Crippen molar-refractivity contribution >= 4 is 23.8 Å². The molecule has 1 aromatic carbocycles. The van der Waals surface area contributed by atoms with E-state index in [2.05, 4.69) is 15.0 Å². The number of carbonyl (C=O) groups is 2. The van der Waals surface area contributed by atoms with Crippen molar-refractivity contribution in [2.45, 2.75) is 19.5 Å². The minimum atomic E-state index is -4.29. The van der Waals surface area contributed by atoms with E-state index in [0.29, 0.717) is 5.69 Å². The minimum absolute atomic E-state index is 0.242. The Balaban J connectivity index is 2.64. The lowest BCUT2D eigenvalue weighted by molar-refractivity contribution is -0.167. The zero-order valence-corrected chi connectivity index (χ0v) is 14.0. The standard InChI is InChI=1S/C16H19F3N2O4/c1-10(16(17,18)19)6-7-20-9-14(22)21-12-5-4-11(15(23)25-3)8-13(12)24-2/h4-5,7-8,10H,6,9H2,1-3H3,(H,21,22)/b20-7+. The van der Waals surface area contributed by atoms with Gasteiger partial charge in [0.25, 0.3) is 0 Å². The third-order valence-electron chi connectivity index (χ3n) is 3.28. The maximum absolute atomic E-state index is 12.3. The van der Waals surface area contributed by atoms with Crippen LogP contribution in [0.15, 0.2) is 23.2 Å². The van der Waals surface area contributed by atoms with Gasteiger partial charge in [0.15, 0.2) is 0 Å². The fraction of sp³-hybridized carbons (Fsp3) is 0.438. The topological polar surface area (TPSA) is 77.0 Å². The van der Waals surface area contributed by atoms with Crippen LogP contribution < -0.4 is 10.1 Å². The zero-order valence-electron chi connectivity index (χ0n) is 14.0. The number of hydrogen-bond donors (Lipinski definition) is 1. The van der Waals surface area contributed by atoms with Crippen LogP contribution in [0, 0.1) is 5.92 Å². The van der Waals surface area contributed by atoms with Crippen molar-refractivity contribution in [3.8, 4) is 5.75 Å². The molecule has 0 saturated heterocycles. The normalized spacial score (nSPS) is 12.7. The largest absolute Gasteiger partial charge is 0.495 e. The lowest BCUT2D eigenvalue weighted by atomic mass is 10.1. The van der Waals surface area contributed by atoms with Crippen molar-refractivity contribution < 1.29 is 32.2 Å². The second kappa shape index (κ2) is 9.05. The summed E-state index contributed by atoms with van der Waals surface area (Å²) < 4.78 is 46.7. The van der Waals surface area contributed by atoms with Gasteiger partial charge in [-0.05, 0) is 30.8 Å². The first-order chi connectivity index (χ1) is 11.7. The number of halogens is 3. The number of methoxy groups -OCH3 is 2. The van der Waals surface area contributed by atoms with Gasteiger partial charge in [-0.3, -0.25) is 9.79 Å². The van der Waals surface area contributed by atoms with E-state index in [4.69, 9.17) is 4.74 Å². The molecular formula is C16H19F3N2O4. The summed E-state index contributed by atoms with van der Waals surface area (Å²) in [7, 11) is 2.60. The van der Waals surface area contributed by atoms with E-state index in [9.17, 15) is 22.8 Å². The van der Waals surface area contributed by atoms with Gasteiger partial charge in [0, 0.05) is 0 Å². The van der Waals surface area contributed by atoms with Crippen molar-refractivity contribution in [2.75, 3.05) is 26.1 Å². The van der Waals surface area contributed by atoms with Gasteiger partial charge >= 0.3 is 12.1 Å². The third kappa shape index (κ3) is 6.44. The van der Waals surface area contributed by atoms with Gasteiger partial charge < -0.3 is 14.8 Å². The number of carbonyl (C=O) groups excluding carboxylic acids is 2. The SMILES string of the molecule is COC(=O)c1ccc(NC(=O)C/N=C/CC(C)C(F)(F)F)c(OC)c1. The van der Waals surface area contributed by atoms with E-state index in [0.717, 1.165) is 13.1 Å². The second-order valence-corrected chi connectivity index (χ2v) is 5.16. The molecule has 1 amide bonds. The molecule has 0 bridgehead atoms. The summed E-state index contributed by atoms with van der Waals surface area (Å²) >= 11 is 0. The van der Waals surface area contributed by atoms with Crippen molar-refractivity contribution in [3.63, 3.8) is 0 Å². The molecule has 0 heterocycles. The summed E-state index contributed by atoms with van der Waals surface area (Å²) in [6.07, 6.45) is -3.51. The van der Waals surface area contributed by atoms with Crippen LogP contribution in [0.4, 0.5) is 18.9 Å². The molecule has 1 unspecified atom stereocenters. The Kier molecular flexibility index (Phi) is 7.41. The molecule has 25 heavy (non-hydrogen) atoms. The fourth-order valence-corrected chi connectivity index (χ4v) is 1.74. The molecule has 1 rings (SSSR count). The fourth-order valence-electron chi connectivity index (χ4n) is 1.74. The van der Waals surface area contributed by atoms with E-state index >= 15 is 0 Å². The van der Waals surface area contributed by atoms with Crippen LogP contribution in [0.1, 0.15) is 23.7 Å².